The van der Waals surface area contributed by atoms with Crippen molar-refractivity contribution in [1.82, 2.24) is 8.87 Å². The number of methoxy groups -OCH3 is 1. The molecule has 1 aromatic heterocycles. The van der Waals surface area contributed by atoms with E-state index in [1.807, 2.05) is 36.9 Å². The largest absolute Gasteiger partial charge is 0.497 e. The van der Waals surface area contributed by atoms with Gasteiger partial charge in [-0.1, -0.05) is 0 Å². The Labute approximate surface area is 137 Å². The molecule has 1 aliphatic carbocycles. The molecule has 5 nitrogen and oxygen atoms in total. The molecule has 3 rings (SSSR count). The standard InChI is InChI=1S/C17H22N2O3S/c1-13-11-16(22-3)8-9-17(13)23(20,21)19(14-6-7-14)12-15-5-4-10-18(15)2/h4-5,8-11,14H,6-7,12H2,1-3H3. The van der Waals surface area contributed by atoms with Crippen molar-refractivity contribution in [2.45, 2.75) is 37.2 Å². The fourth-order valence-corrected chi connectivity index (χ4v) is 4.62. The summed E-state index contributed by atoms with van der Waals surface area (Å²) >= 11 is 0. The van der Waals surface area contributed by atoms with Crippen molar-refractivity contribution < 1.29 is 13.2 Å². The molecule has 2 aromatic rings. The average molecular weight is 334 g/mol. The Bertz CT molecular complexity index is 807. The lowest BCUT2D eigenvalue weighted by Gasteiger charge is -2.23. The van der Waals surface area contributed by atoms with E-state index in [0.717, 1.165) is 18.5 Å². The monoisotopic (exact) mass is 334 g/mol. The normalized spacial score (nSPS) is 15.1. The number of aryl methyl sites for hydroxylation is 2. The third-order valence-corrected chi connectivity index (χ3v) is 6.35. The molecule has 1 saturated carbocycles. The number of sulfonamides is 1. The second kappa shape index (κ2) is 6.02. The molecule has 124 valence electrons. The SMILES string of the molecule is COc1ccc(S(=O)(=O)N(Cc2cccn2C)C2CC2)c(C)c1. The minimum absolute atomic E-state index is 0.108. The van der Waals surface area contributed by atoms with Crippen molar-refractivity contribution in [1.29, 1.82) is 0 Å². The molecule has 23 heavy (non-hydrogen) atoms. The van der Waals surface area contributed by atoms with Gasteiger partial charge in [0.25, 0.3) is 0 Å². The summed E-state index contributed by atoms with van der Waals surface area (Å²) in [5, 5.41) is 0. The van der Waals surface area contributed by atoms with Gasteiger partial charge in [0.2, 0.25) is 10.0 Å². The van der Waals surface area contributed by atoms with Crippen molar-refractivity contribution in [2.24, 2.45) is 7.05 Å². The molecule has 6 heteroatoms. The van der Waals surface area contributed by atoms with Crippen LogP contribution in [0.2, 0.25) is 0 Å². The van der Waals surface area contributed by atoms with E-state index in [1.165, 1.54) is 0 Å². The van der Waals surface area contributed by atoms with Crippen molar-refractivity contribution in [3.05, 3.63) is 47.8 Å². The summed E-state index contributed by atoms with van der Waals surface area (Å²) < 4.78 is 35.1. The first-order valence-corrected chi connectivity index (χ1v) is 9.14. The van der Waals surface area contributed by atoms with Gasteiger partial charge in [-0.2, -0.15) is 4.31 Å². The highest BCUT2D eigenvalue weighted by Crippen LogP contribution is 2.35. The Kier molecular flexibility index (Phi) is 4.21. The molecule has 0 spiro atoms. The zero-order valence-electron chi connectivity index (χ0n) is 13.7. The zero-order valence-corrected chi connectivity index (χ0v) is 14.5. The summed E-state index contributed by atoms with van der Waals surface area (Å²) in [6.07, 6.45) is 3.80. The summed E-state index contributed by atoms with van der Waals surface area (Å²) in [6, 6.07) is 9.12. The number of benzene rings is 1. The van der Waals surface area contributed by atoms with Crippen LogP contribution in [0, 0.1) is 6.92 Å². The smallest absolute Gasteiger partial charge is 0.243 e. The molecular weight excluding hydrogens is 312 g/mol. The van der Waals surface area contributed by atoms with Crippen molar-refractivity contribution in [3.63, 3.8) is 0 Å². The van der Waals surface area contributed by atoms with Crippen molar-refractivity contribution in [2.75, 3.05) is 7.11 Å². The van der Waals surface area contributed by atoms with Crippen LogP contribution in [-0.2, 0) is 23.6 Å². The minimum Gasteiger partial charge on any atom is -0.497 e. The van der Waals surface area contributed by atoms with Gasteiger partial charge < -0.3 is 9.30 Å². The molecule has 0 saturated heterocycles. The van der Waals surface area contributed by atoms with E-state index in [4.69, 9.17) is 4.74 Å². The first kappa shape index (κ1) is 16.1. The number of rotatable bonds is 6. The van der Waals surface area contributed by atoms with Crippen LogP contribution in [0.1, 0.15) is 24.1 Å². The third kappa shape index (κ3) is 3.14. The van der Waals surface area contributed by atoms with Gasteiger partial charge in [0.1, 0.15) is 5.75 Å². The number of ether oxygens (including phenoxy) is 1. The topological polar surface area (TPSA) is 51.5 Å². The lowest BCUT2D eigenvalue weighted by molar-refractivity contribution is 0.389. The Morgan fingerprint density at radius 3 is 2.57 bits per heavy atom. The maximum atomic E-state index is 13.1. The molecule has 0 bridgehead atoms. The fourth-order valence-electron chi connectivity index (χ4n) is 2.76. The predicted molar refractivity (Wildman–Crippen MR) is 88.9 cm³/mol. The van der Waals surface area contributed by atoms with Gasteiger partial charge in [-0.05, 0) is 55.7 Å². The molecule has 1 aliphatic rings. The van der Waals surface area contributed by atoms with E-state index >= 15 is 0 Å². The van der Waals surface area contributed by atoms with Gasteiger partial charge >= 0.3 is 0 Å². The van der Waals surface area contributed by atoms with E-state index < -0.39 is 10.0 Å². The summed E-state index contributed by atoms with van der Waals surface area (Å²) in [5.41, 5.74) is 1.70. The summed E-state index contributed by atoms with van der Waals surface area (Å²) in [6.45, 7) is 2.21. The van der Waals surface area contributed by atoms with Crippen LogP contribution in [0.25, 0.3) is 0 Å². The Morgan fingerprint density at radius 2 is 2.04 bits per heavy atom. The van der Waals surface area contributed by atoms with Crippen LogP contribution < -0.4 is 4.74 Å². The van der Waals surface area contributed by atoms with Gasteiger partial charge in [0.05, 0.1) is 18.6 Å². The second-order valence-electron chi connectivity index (χ2n) is 6.02. The van der Waals surface area contributed by atoms with Crippen LogP contribution in [0.4, 0.5) is 0 Å². The first-order chi connectivity index (χ1) is 10.9. The average Bonchev–Trinajstić information content (AvgIpc) is 3.27. The molecule has 1 aromatic carbocycles. The van der Waals surface area contributed by atoms with E-state index in [0.29, 0.717) is 22.8 Å². The molecule has 0 N–H and O–H groups in total. The summed E-state index contributed by atoms with van der Waals surface area (Å²) in [7, 11) is -0.00748. The summed E-state index contributed by atoms with van der Waals surface area (Å²) in [5.74, 6) is 0.668. The highest BCUT2D eigenvalue weighted by molar-refractivity contribution is 7.89. The quantitative estimate of drug-likeness (QED) is 0.816. The molecule has 0 amide bonds. The number of aromatic nitrogens is 1. The molecule has 0 unspecified atom stereocenters. The Balaban J connectivity index is 1.96. The number of nitrogens with zero attached hydrogens (tertiary/aromatic N) is 2. The highest BCUT2D eigenvalue weighted by Gasteiger charge is 2.39. The zero-order chi connectivity index (χ0) is 16.6. The maximum Gasteiger partial charge on any atom is 0.243 e. The minimum atomic E-state index is -3.52. The second-order valence-corrected chi connectivity index (χ2v) is 7.88. The number of hydrogen-bond acceptors (Lipinski definition) is 3. The third-order valence-electron chi connectivity index (χ3n) is 4.29. The Morgan fingerprint density at radius 1 is 1.30 bits per heavy atom. The first-order valence-electron chi connectivity index (χ1n) is 7.70. The van der Waals surface area contributed by atoms with Gasteiger partial charge in [0, 0.05) is 25.0 Å². The van der Waals surface area contributed by atoms with Crippen LogP contribution in [0.5, 0.6) is 5.75 Å². The predicted octanol–water partition coefficient (Wildman–Crippen LogP) is 2.70. The summed E-state index contributed by atoms with van der Waals surface area (Å²) in [4.78, 5) is 0.361. The van der Waals surface area contributed by atoms with Crippen LogP contribution in [-0.4, -0.2) is 30.4 Å². The van der Waals surface area contributed by atoms with Gasteiger partial charge in [-0.15, -0.1) is 0 Å². The van der Waals surface area contributed by atoms with Gasteiger partial charge in [-0.3, -0.25) is 0 Å². The molecule has 0 aliphatic heterocycles. The van der Waals surface area contributed by atoms with Crippen molar-refractivity contribution >= 4 is 10.0 Å². The van der Waals surface area contributed by atoms with Crippen LogP contribution in [0.15, 0.2) is 41.4 Å². The lowest BCUT2D eigenvalue weighted by Crippen LogP contribution is -2.33. The molecule has 0 atom stereocenters. The van der Waals surface area contributed by atoms with Crippen LogP contribution >= 0.6 is 0 Å². The fraction of sp³-hybridized carbons (Fsp3) is 0.412. The highest BCUT2D eigenvalue weighted by atomic mass is 32.2. The molecule has 1 fully saturated rings. The van der Waals surface area contributed by atoms with E-state index in [-0.39, 0.29) is 6.04 Å². The Hall–Kier alpha value is -1.79. The van der Waals surface area contributed by atoms with Crippen molar-refractivity contribution in [3.8, 4) is 5.75 Å². The molecule has 1 heterocycles. The van der Waals surface area contributed by atoms with Gasteiger partial charge in [0.15, 0.2) is 0 Å². The maximum absolute atomic E-state index is 13.1. The van der Waals surface area contributed by atoms with E-state index in [9.17, 15) is 8.42 Å². The molecular formula is C17H22N2O3S. The molecule has 0 radical (unpaired) electrons. The van der Waals surface area contributed by atoms with Gasteiger partial charge in [-0.25, -0.2) is 8.42 Å². The van der Waals surface area contributed by atoms with E-state index in [2.05, 4.69) is 0 Å². The van der Waals surface area contributed by atoms with Crippen LogP contribution in [0.3, 0.4) is 0 Å². The number of hydrogen-bond donors (Lipinski definition) is 0. The van der Waals surface area contributed by atoms with E-state index in [1.54, 1.807) is 29.6 Å². The lowest BCUT2D eigenvalue weighted by atomic mass is 10.2.